The molecule has 3 aromatic carbocycles. The lowest BCUT2D eigenvalue weighted by Crippen LogP contribution is -2.10. The van der Waals surface area contributed by atoms with Gasteiger partial charge in [0.25, 0.3) is 0 Å². The third-order valence-corrected chi connectivity index (χ3v) is 5.90. The van der Waals surface area contributed by atoms with Crippen molar-refractivity contribution in [2.24, 2.45) is 0 Å². The van der Waals surface area contributed by atoms with Gasteiger partial charge in [0.1, 0.15) is 18.2 Å². The first kappa shape index (κ1) is 22.4. The largest absolute Gasteiger partial charge is 0.493 e. The number of hydrogen-bond donors (Lipinski definition) is 2. The van der Waals surface area contributed by atoms with E-state index in [4.69, 9.17) is 14.5 Å². The van der Waals surface area contributed by atoms with Gasteiger partial charge in [0, 0.05) is 29.3 Å². The Labute approximate surface area is 204 Å². The van der Waals surface area contributed by atoms with Crippen molar-refractivity contribution in [1.82, 2.24) is 20.2 Å². The van der Waals surface area contributed by atoms with E-state index in [2.05, 4.69) is 51.7 Å². The monoisotopic (exact) mass is 465 g/mol. The van der Waals surface area contributed by atoms with E-state index in [-0.39, 0.29) is 6.04 Å². The molecule has 0 bridgehead atoms. The Bertz CT molecular complexity index is 1440. The Hall–Kier alpha value is -4.39. The molecule has 0 fully saturated rings. The van der Waals surface area contributed by atoms with Crippen molar-refractivity contribution in [3.8, 4) is 22.6 Å². The van der Waals surface area contributed by atoms with E-state index in [9.17, 15) is 0 Å². The van der Waals surface area contributed by atoms with Crippen LogP contribution in [0.5, 0.6) is 11.5 Å². The number of aromatic nitrogens is 4. The van der Waals surface area contributed by atoms with Gasteiger partial charge in [-0.1, -0.05) is 48.5 Å². The van der Waals surface area contributed by atoms with Crippen molar-refractivity contribution in [2.75, 3.05) is 12.4 Å². The maximum atomic E-state index is 6.14. The second kappa shape index (κ2) is 9.85. The SMILES string of the molecule is COc1cc2nc(C)nc(N[C@H](C)c3cccc(-c4cn[nH]c4)c3)c2cc1OCc1ccccc1. The molecule has 7 heteroatoms. The van der Waals surface area contributed by atoms with Crippen LogP contribution in [0.2, 0.25) is 0 Å². The van der Waals surface area contributed by atoms with Crippen molar-refractivity contribution in [3.05, 3.63) is 96.1 Å². The zero-order chi connectivity index (χ0) is 24.2. The average Bonchev–Trinajstić information content (AvgIpc) is 3.43. The summed E-state index contributed by atoms with van der Waals surface area (Å²) in [6.07, 6.45) is 3.71. The molecule has 5 aromatic rings. The minimum absolute atomic E-state index is 0.00939. The quantitative estimate of drug-likeness (QED) is 0.288. The Morgan fingerprint density at radius 2 is 1.80 bits per heavy atom. The molecule has 0 saturated carbocycles. The van der Waals surface area contributed by atoms with Gasteiger partial charge >= 0.3 is 0 Å². The maximum absolute atomic E-state index is 6.14. The molecule has 5 rings (SSSR count). The van der Waals surface area contributed by atoms with Crippen LogP contribution in [-0.4, -0.2) is 27.3 Å². The van der Waals surface area contributed by atoms with Crippen molar-refractivity contribution in [1.29, 1.82) is 0 Å². The lowest BCUT2D eigenvalue weighted by atomic mass is 10.0. The molecule has 1 atom stereocenters. The highest BCUT2D eigenvalue weighted by molar-refractivity contribution is 5.92. The fourth-order valence-electron chi connectivity index (χ4n) is 4.06. The standard InChI is InChI=1S/C28H27N5O2/c1-18(21-10-7-11-22(12-21)23-15-29-30-16-23)31-28-24-13-27(35-17-20-8-5-4-6-9-20)26(34-3)14-25(24)32-19(2)33-28/h4-16,18H,17H2,1-3H3,(H,29,30)(H,31,32,33)/t18-/m1/s1. The summed E-state index contributed by atoms with van der Waals surface area (Å²) in [7, 11) is 1.64. The number of aryl methyl sites for hydroxylation is 1. The van der Waals surface area contributed by atoms with Crippen LogP contribution in [0.25, 0.3) is 22.0 Å². The number of nitrogens with one attached hydrogen (secondary N) is 2. The molecule has 0 aliphatic rings. The molecule has 35 heavy (non-hydrogen) atoms. The highest BCUT2D eigenvalue weighted by Crippen LogP contribution is 2.36. The van der Waals surface area contributed by atoms with Gasteiger partial charge in [-0.25, -0.2) is 9.97 Å². The lowest BCUT2D eigenvalue weighted by Gasteiger charge is -2.19. The summed E-state index contributed by atoms with van der Waals surface area (Å²) in [6, 6.07) is 22.3. The Morgan fingerprint density at radius 1 is 0.943 bits per heavy atom. The van der Waals surface area contributed by atoms with Crippen LogP contribution >= 0.6 is 0 Å². The predicted octanol–water partition coefficient (Wildman–Crippen LogP) is 6.09. The zero-order valence-electron chi connectivity index (χ0n) is 19.9. The Morgan fingerprint density at radius 3 is 2.57 bits per heavy atom. The molecule has 0 amide bonds. The van der Waals surface area contributed by atoms with Crippen LogP contribution in [0, 0.1) is 6.92 Å². The van der Waals surface area contributed by atoms with Gasteiger partial charge in [-0.15, -0.1) is 0 Å². The van der Waals surface area contributed by atoms with Gasteiger partial charge < -0.3 is 14.8 Å². The van der Waals surface area contributed by atoms with Crippen LogP contribution in [0.15, 0.2) is 79.1 Å². The number of fused-ring (bicyclic) bond motifs is 1. The van der Waals surface area contributed by atoms with Crippen LogP contribution in [0.1, 0.15) is 29.9 Å². The van der Waals surface area contributed by atoms with Gasteiger partial charge in [-0.3, -0.25) is 5.10 Å². The normalized spacial score (nSPS) is 11.9. The molecule has 2 heterocycles. The molecule has 0 saturated heterocycles. The van der Waals surface area contributed by atoms with Gasteiger partial charge in [-0.05, 0) is 42.7 Å². The second-order valence-electron chi connectivity index (χ2n) is 8.39. The third kappa shape index (κ3) is 4.94. The number of aromatic amines is 1. The molecule has 0 radical (unpaired) electrons. The highest BCUT2D eigenvalue weighted by atomic mass is 16.5. The summed E-state index contributed by atoms with van der Waals surface area (Å²) < 4.78 is 11.7. The number of rotatable bonds is 8. The smallest absolute Gasteiger partial charge is 0.162 e. The minimum atomic E-state index is 0.00939. The number of nitrogens with zero attached hydrogens (tertiary/aromatic N) is 3. The first-order chi connectivity index (χ1) is 17.1. The molecule has 0 aliphatic carbocycles. The molecule has 0 spiro atoms. The summed E-state index contributed by atoms with van der Waals surface area (Å²) in [4.78, 5) is 9.36. The topological polar surface area (TPSA) is 85.0 Å². The van der Waals surface area contributed by atoms with Crippen molar-refractivity contribution in [3.63, 3.8) is 0 Å². The zero-order valence-corrected chi connectivity index (χ0v) is 19.9. The number of methoxy groups -OCH3 is 1. The molecule has 0 aliphatic heterocycles. The average molecular weight is 466 g/mol. The molecule has 7 nitrogen and oxygen atoms in total. The van der Waals surface area contributed by atoms with E-state index in [1.54, 1.807) is 7.11 Å². The Kier molecular flexibility index (Phi) is 6.30. The summed E-state index contributed by atoms with van der Waals surface area (Å²) in [5.41, 5.74) is 5.18. The number of benzene rings is 3. The highest BCUT2D eigenvalue weighted by Gasteiger charge is 2.16. The van der Waals surface area contributed by atoms with E-state index in [0.717, 1.165) is 39.0 Å². The summed E-state index contributed by atoms with van der Waals surface area (Å²) in [6.45, 7) is 4.45. The van der Waals surface area contributed by atoms with E-state index in [1.807, 2.05) is 61.8 Å². The Balaban J connectivity index is 1.47. The molecular formula is C28H27N5O2. The molecule has 0 unspecified atom stereocenters. The second-order valence-corrected chi connectivity index (χ2v) is 8.39. The number of H-pyrrole nitrogens is 1. The van der Waals surface area contributed by atoms with Crippen molar-refractivity contribution in [2.45, 2.75) is 26.5 Å². The van der Waals surface area contributed by atoms with Gasteiger partial charge in [0.15, 0.2) is 11.5 Å². The summed E-state index contributed by atoms with van der Waals surface area (Å²) >= 11 is 0. The van der Waals surface area contributed by atoms with E-state index >= 15 is 0 Å². The lowest BCUT2D eigenvalue weighted by molar-refractivity contribution is 0.285. The fraction of sp³-hybridized carbons (Fsp3) is 0.179. The van der Waals surface area contributed by atoms with E-state index < -0.39 is 0 Å². The number of hydrogen-bond acceptors (Lipinski definition) is 6. The van der Waals surface area contributed by atoms with Crippen molar-refractivity contribution < 1.29 is 9.47 Å². The predicted molar refractivity (Wildman–Crippen MR) is 138 cm³/mol. The molecule has 2 aromatic heterocycles. The molecule has 176 valence electrons. The van der Waals surface area contributed by atoms with Gasteiger partial charge in [0.05, 0.1) is 18.8 Å². The summed E-state index contributed by atoms with van der Waals surface area (Å²) in [5.74, 6) is 2.72. The van der Waals surface area contributed by atoms with E-state index in [1.165, 1.54) is 0 Å². The number of anilines is 1. The van der Waals surface area contributed by atoms with Crippen LogP contribution in [0.3, 0.4) is 0 Å². The fourth-order valence-corrected chi connectivity index (χ4v) is 4.06. The van der Waals surface area contributed by atoms with E-state index in [0.29, 0.717) is 23.9 Å². The van der Waals surface area contributed by atoms with Crippen LogP contribution in [0.4, 0.5) is 5.82 Å². The first-order valence-electron chi connectivity index (χ1n) is 11.5. The maximum Gasteiger partial charge on any atom is 0.162 e. The minimum Gasteiger partial charge on any atom is -0.493 e. The molecule has 2 N–H and O–H groups in total. The van der Waals surface area contributed by atoms with Gasteiger partial charge in [0.2, 0.25) is 0 Å². The van der Waals surface area contributed by atoms with Crippen molar-refractivity contribution >= 4 is 16.7 Å². The third-order valence-electron chi connectivity index (χ3n) is 5.90. The van der Waals surface area contributed by atoms with Gasteiger partial charge in [-0.2, -0.15) is 5.10 Å². The summed E-state index contributed by atoms with van der Waals surface area (Å²) in [5, 5.41) is 11.4. The van der Waals surface area contributed by atoms with Crippen LogP contribution < -0.4 is 14.8 Å². The number of ether oxygens (including phenoxy) is 2. The molecular weight excluding hydrogens is 438 g/mol. The van der Waals surface area contributed by atoms with Crippen LogP contribution in [-0.2, 0) is 6.61 Å². The first-order valence-corrected chi connectivity index (χ1v) is 11.5.